The number of benzene rings is 2. The summed E-state index contributed by atoms with van der Waals surface area (Å²) >= 11 is 0. The van der Waals surface area contributed by atoms with Crippen molar-refractivity contribution in [2.24, 2.45) is 23.7 Å². The van der Waals surface area contributed by atoms with Crippen LogP contribution in [0.15, 0.2) is 48.5 Å². The van der Waals surface area contributed by atoms with E-state index < -0.39 is 11.9 Å². The molecule has 0 unspecified atom stereocenters. The SMILES string of the molecule is O=C(O)c1cccc(NC(=O)c2cccc(N3C(=O)[C@@H]4[C@@H]5CC[C@@H](C5)[C@@H]4C3=O)c2)c1. The van der Waals surface area contributed by atoms with Gasteiger partial charge in [0.05, 0.1) is 23.1 Å². The lowest BCUT2D eigenvalue weighted by molar-refractivity contribution is -0.123. The third-order valence-corrected chi connectivity index (χ3v) is 6.66. The van der Waals surface area contributed by atoms with Crippen LogP contribution in [0.2, 0.25) is 0 Å². The number of rotatable bonds is 4. The van der Waals surface area contributed by atoms with Crippen LogP contribution in [0, 0.1) is 23.7 Å². The van der Waals surface area contributed by atoms with Crippen LogP contribution in [0.3, 0.4) is 0 Å². The first-order chi connectivity index (χ1) is 14.4. The van der Waals surface area contributed by atoms with Gasteiger partial charge in [-0.05, 0) is 67.5 Å². The van der Waals surface area contributed by atoms with E-state index in [1.54, 1.807) is 30.3 Å². The molecule has 0 radical (unpaired) electrons. The number of imide groups is 1. The lowest BCUT2D eigenvalue weighted by Crippen LogP contribution is -2.33. The minimum absolute atomic E-state index is 0.0657. The zero-order valence-electron chi connectivity index (χ0n) is 16.1. The summed E-state index contributed by atoms with van der Waals surface area (Å²) in [4.78, 5) is 51.1. The Hall–Kier alpha value is -3.48. The molecule has 7 heteroatoms. The van der Waals surface area contributed by atoms with Crippen LogP contribution in [0.25, 0.3) is 0 Å². The first kappa shape index (κ1) is 18.5. The van der Waals surface area contributed by atoms with Crippen molar-refractivity contribution in [1.82, 2.24) is 0 Å². The molecule has 1 aliphatic heterocycles. The van der Waals surface area contributed by atoms with Crippen molar-refractivity contribution >= 4 is 35.1 Å². The van der Waals surface area contributed by atoms with Crippen LogP contribution in [0.4, 0.5) is 11.4 Å². The highest BCUT2D eigenvalue weighted by molar-refractivity contribution is 6.23. The molecule has 2 aromatic rings. The van der Waals surface area contributed by atoms with Crippen molar-refractivity contribution in [2.75, 3.05) is 10.2 Å². The van der Waals surface area contributed by atoms with Gasteiger partial charge in [0.2, 0.25) is 11.8 Å². The molecule has 3 amide bonds. The Labute approximate surface area is 172 Å². The highest BCUT2D eigenvalue weighted by Crippen LogP contribution is 2.56. The maximum absolute atomic E-state index is 13.0. The molecule has 5 rings (SSSR count). The van der Waals surface area contributed by atoms with E-state index in [1.807, 2.05) is 0 Å². The fourth-order valence-electron chi connectivity index (χ4n) is 5.38. The van der Waals surface area contributed by atoms with Crippen molar-refractivity contribution in [3.05, 3.63) is 59.7 Å². The number of amides is 3. The lowest BCUT2D eigenvalue weighted by Gasteiger charge is -2.19. The number of hydrogen-bond donors (Lipinski definition) is 2. The Morgan fingerprint density at radius 2 is 1.53 bits per heavy atom. The fourth-order valence-corrected chi connectivity index (χ4v) is 5.38. The molecule has 2 aliphatic carbocycles. The van der Waals surface area contributed by atoms with Gasteiger partial charge in [0, 0.05) is 11.3 Å². The van der Waals surface area contributed by atoms with Gasteiger partial charge in [-0.3, -0.25) is 19.3 Å². The quantitative estimate of drug-likeness (QED) is 0.762. The van der Waals surface area contributed by atoms with Crippen LogP contribution in [0.5, 0.6) is 0 Å². The van der Waals surface area contributed by atoms with Gasteiger partial charge in [0.15, 0.2) is 0 Å². The number of fused-ring (bicyclic) bond motifs is 5. The Morgan fingerprint density at radius 3 is 2.20 bits per heavy atom. The van der Waals surface area contributed by atoms with Crippen LogP contribution >= 0.6 is 0 Å². The predicted molar refractivity (Wildman–Crippen MR) is 108 cm³/mol. The summed E-state index contributed by atoms with van der Waals surface area (Å²) in [6, 6.07) is 12.4. The number of nitrogens with one attached hydrogen (secondary N) is 1. The molecule has 1 heterocycles. The zero-order valence-corrected chi connectivity index (χ0v) is 16.1. The molecular formula is C23H20N2O5. The van der Waals surface area contributed by atoms with Gasteiger partial charge in [-0.2, -0.15) is 0 Å². The van der Waals surface area contributed by atoms with Crippen LogP contribution in [0.1, 0.15) is 40.0 Å². The summed E-state index contributed by atoms with van der Waals surface area (Å²) < 4.78 is 0. The molecule has 2 N–H and O–H groups in total. The van der Waals surface area contributed by atoms with Gasteiger partial charge in [-0.25, -0.2) is 4.79 Å². The number of anilines is 2. The smallest absolute Gasteiger partial charge is 0.335 e. The summed E-state index contributed by atoms with van der Waals surface area (Å²) in [6.45, 7) is 0. The first-order valence-corrected chi connectivity index (χ1v) is 10.1. The van der Waals surface area contributed by atoms with Gasteiger partial charge >= 0.3 is 5.97 Å². The van der Waals surface area contributed by atoms with Gasteiger partial charge < -0.3 is 10.4 Å². The number of carbonyl (C=O) groups is 4. The number of aromatic carboxylic acids is 1. The largest absolute Gasteiger partial charge is 0.478 e. The molecule has 0 aromatic heterocycles. The van der Waals surface area contributed by atoms with Crippen molar-refractivity contribution < 1.29 is 24.3 Å². The Bertz CT molecular complexity index is 1070. The molecule has 2 aromatic carbocycles. The van der Waals surface area contributed by atoms with Crippen molar-refractivity contribution in [1.29, 1.82) is 0 Å². The van der Waals surface area contributed by atoms with E-state index in [0.717, 1.165) is 19.3 Å². The van der Waals surface area contributed by atoms with Crippen molar-refractivity contribution in [3.63, 3.8) is 0 Å². The molecule has 2 bridgehead atoms. The average molecular weight is 404 g/mol. The molecule has 1 saturated heterocycles. The van der Waals surface area contributed by atoms with Crippen LogP contribution in [-0.4, -0.2) is 28.8 Å². The molecule has 30 heavy (non-hydrogen) atoms. The van der Waals surface area contributed by atoms with Crippen molar-refractivity contribution in [3.8, 4) is 0 Å². The molecule has 2 saturated carbocycles. The minimum atomic E-state index is -1.08. The number of hydrogen-bond acceptors (Lipinski definition) is 4. The van der Waals surface area contributed by atoms with E-state index in [4.69, 9.17) is 5.11 Å². The second kappa shape index (κ2) is 6.79. The zero-order chi connectivity index (χ0) is 21.0. The van der Waals surface area contributed by atoms with E-state index >= 15 is 0 Å². The van der Waals surface area contributed by atoms with Gasteiger partial charge in [-0.15, -0.1) is 0 Å². The molecule has 0 spiro atoms. The molecule has 3 aliphatic rings. The maximum atomic E-state index is 13.0. The highest BCUT2D eigenvalue weighted by atomic mass is 16.4. The topological polar surface area (TPSA) is 104 Å². The second-order valence-electron chi connectivity index (χ2n) is 8.29. The molecule has 3 fully saturated rings. The Balaban J connectivity index is 1.39. The molecule has 152 valence electrons. The first-order valence-electron chi connectivity index (χ1n) is 10.1. The Morgan fingerprint density at radius 1 is 0.900 bits per heavy atom. The molecule has 4 atom stereocenters. The van der Waals surface area contributed by atoms with Gasteiger partial charge in [0.1, 0.15) is 0 Å². The standard InChI is InChI=1S/C23H20N2O5/c26-20(24-16-5-1-4-15(10-16)23(29)30)14-3-2-6-17(11-14)25-21(27)18-12-7-8-13(9-12)19(18)22(25)28/h1-6,10-13,18-19H,7-9H2,(H,24,26)(H,29,30)/t12-,13+,18-,19+. The predicted octanol–water partition coefficient (Wildman–Crippen LogP) is 3.17. The number of nitrogens with zero attached hydrogens (tertiary/aromatic N) is 1. The van der Waals surface area contributed by atoms with E-state index in [0.29, 0.717) is 23.2 Å². The second-order valence-corrected chi connectivity index (χ2v) is 8.29. The van der Waals surface area contributed by atoms with Crippen molar-refractivity contribution in [2.45, 2.75) is 19.3 Å². The van der Waals surface area contributed by atoms with E-state index in [1.165, 1.54) is 23.1 Å². The Kier molecular flexibility index (Phi) is 4.20. The maximum Gasteiger partial charge on any atom is 0.335 e. The van der Waals surface area contributed by atoms with Gasteiger partial charge in [0.25, 0.3) is 5.91 Å². The molecule has 7 nitrogen and oxygen atoms in total. The number of carboxylic acids is 1. The summed E-state index contributed by atoms with van der Waals surface area (Å²) in [7, 11) is 0. The third kappa shape index (κ3) is 2.81. The van der Waals surface area contributed by atoms with E-state index in [2.05, 4.69) is 5.32 Å². The number of carbonyl (C=O) groups excluding carboxylic acids is 3. The fraction of sp³-hybridized carbons (Fsp3) is 0.304. The minimum Gasteiger partial charge on any atom is -0.478 e. The van der Waals surface area contributed by atoms with Crippen LogP contribution in [-0.2, 0) is 9.59 Å². The normalized spacial score (nSPS) is 26.7. The summed E-state index contributed by atoms with van der Waals surface area (Å²) in [5.41, 5.74) is 1.11. The van der Waals surface area contributed by atoms with E-state index in [-0.39, 0.29) is 34.8 Å². The summed E-state index contributed by atoms with van der Waals surface area (Å²) in [5.74, 6) is -1.66. The third-order valence-electron chi connectivity index (χ3n) is 6.66. The monoisotopic (exact) mass is 404 g/mol. The molecular weight excluding hydrogens is 384 g/mol. The van der Waals surface area contributed by atoms with Crippen LogP contribution < -0.4 is 10.2 Å². The van der Waals surface area contributed by atoms with Gasteiger partial charge in [-0.1, -0.05) is 12.1 Å². The average Bonchev–Trinajstić information content (AvgIpc) is 3.42. The number of carboxylic acid groups (broad SMARTS) is 1. The van der Waals surface area contributed by atoms with E-state index in [9.17, 15) is 19.2 Å². The lowest BCUT2D eigenvalue weighted by atomic mass is 9.81. The summed E-state index contributed by atoms with van der Waals surface area (Å²) in [6.07, 6.45) is 2.99. The summed E-state index contributed by atoms with van der Waals surface area (Å²) in [5, 5.41) is 11.8. The highest BCUT2D eigenvalue weighted by Gasteiger charge is 2.61.